The van der Waals surface area contributed by atoms with Gasteiger partial charge in [0.05, 0.1) is 4.92 Å². The average molecular weight is 331 g/mol. The molecule has 2 atom stereocenters. The van der Waals surface area contributed by atoms with Gasteiger partial charge in [-0.1, -0.05) is 25.7 Å². The molecule has 3 rings (SSSR count). The molecule has 1 amide bonds. The number of rotatable bonds is 5. The van der Waals surface area contributed by atoms with Crippen molar-refractivity contribution in [3.63, 3.8) is 0 Å². The van der Waals surface area contributed by atoms with Crippen molar-refractivity contribution in [3.8, 4) is 0 Å². The Bertz CT molecular complexity index is 588. The van der Waals surface area contributed by atoms with Gasteiger partial charge in [-0.25, -0.2) is 0 Å². The van der Waals surface area contributed by atoms with Crippen molar-refractivity contribution in [2.24, 2.45) is 5.92 Å². The number of nitrogens with zero attached hydrogens (tertiary/aromatic N) is 2. The summed E-state index contributed by atoms with van der Waals surface area (Å²) in [5.74, 6) is 0.807. The van der Waals surface area contributed by atoms with Crippen molar-refractivity contribution < 1.29 is 9.72 Å². The van der Waals surface area contributed by atoms with Gasteiger partial charge >= 0.3 is 0 Å². The summed E-state index contributed by atoms with van der Waals surface area (Å²) in [5, 5.41) is 13.4. The minimum absolute atomic E-state index is 0.0295. The third-order valence-corrected chi connectivity index (χ3v) is 5.29. The predicted molar refractivity (Wildman–Crippen MR) is 92.9 cm³/mol. The van der Waals surface area contributed by atoms with E-state index in [0.717, 1.165) is 19.0 Å². The summed E-state index contributed by atoms with van der Waals surface area (Å²) in [6.45, 7) is 1.94. The maximum absolute atomic E-state index is 12.1. The number of carbonyl (C=O) groups is 1. The molecule has 0 spiro atoms. The SMILES string of the molecule is O=C(CCN1C[C@H]2CCCCCC[C@H]21)Nc1ccc([N+](=O)[O-])cc1. The van der Waals surface area contributed by atoms with Crippen molar-refractivity contribution in [3.05, 3.63) is 34.4 Å². The highest BCUT2D eigenvalue weighted by atomic mass is 16.6. The van der Waals surface area contributed by atoms with Gasteiger partial charge in [0.25, 0.3) is 5.69 Å². The van der Waals surface area contributed by atoms with E-state index < -0.39 is 4.92 Å². The lowest BCUT2D eigenvalue weighted by molar-refractivity contribution is -0.384. The van der Waals surface area contributed by atoms with Gasteiger partial charge in [0.15, 0.2) is 0 Å². The summed E-state index contributed by atoms with van der Waals surface area (Å²) in [6, 6.07) is 6.64. The highest BCUT2D eigenvalue weighted by Crippen LogP contribution is 2.35. The predicted octanol–water partition coefficient (Wildman–Crippen LogP) is 3.58. The molecule has 6 nitrogen and oxygen atoms in total. The van der Waals surface area contributed by atoms with Crippen LogP contribution in [0.2, 0.25) is 0 Å². The summed E-state index contributed by atoms with van der Waals surface area (Å²) in [4.78, 5) is 24.7. The minimum Gasteiger partial charge on any atom is -0.326 e. The Kier molecular flexibility index (Phi) is 5.45. The van der Waals surface area contributed by atoms with Crippen LogP contribution in [0.15, 0.2) is 24.3 Å². The number of amides is 1. The van der Waals surface area contributed by atoms with Crippen LogP contribution in [0.3, 0.4) is 0 Å². The molecule has 2 aliphatic rings. The van der Waals surface area contributed by atoms with E-state index in [-0.39, 0.29) is 11.6 Å². The van der Waals surface area contributed by atoms with E-state index in [1.807, 2.05) is 0 Å². The number of likely N-dealkylation sites (tertiary alicyclic amines) is 1. The Balaban J connectivity index is 1.43. The normalized spacial score (nSPS) is 24.2. The molecule has 1 aliphatic carbocycles. The first-order valence-corrected chi connectivity index (χ1v) is 8.92. The van der Waals surface area contributed by atoms with E-state index >= 15 is 0 Å². The smallest absolute Gasteiger partial charge is 0.269 e. The number of hydrogen-bond donors (Lipinski definition) is 1. The number of fused-ring (bicyclic) bond motifs is 1. The molecule has 1 saturated carbocycles. The first-order chi connectivity index (χ1) is 11.6. The Hall–Kier alpha value is -1.95. The zero-order valence-corrected chi connectivity index (χ0v) is 13.9. The summed E-state index contributed by atoms with van der Waals surface area (Å²) < 4.78 is 0. The molecule has 0 unspecified atom stereocenters. The second kappa shape index (κ2) is 7.75. The maximum atomic E-state index is 12.1. The van der Waals surface area contributed by atoms with Gasteiger partial charge in [-0.05, 0) is 30.9 Å². The number of nitro groups is 1. The second-order valence-electron chi connectivity index (χ2n) is 6.92. The van der Waals surface area contributed by atoms with Crippen LogP contribution in [0.4, 0.5) is 11.4 Å². The number of non-ortho nitro benzene ring substituents is 1. The molecule has 1 aromatic rings. The Morgan fingerprint density at radius 3 is 2.58 bits per heavy atom. The summed E-state index contributed by atoms with van der Waals surface area (Å²) >= 11 is 0. The Morgan fingerprint density at radius 2 is 1.88 bits per heavy atom. The highest BCUT2D eigenvalue weighted by Gasteiger charge is 2.37. The number of carbonyl (C=O) groups excluding carboxylic acids is 1. The molecule has 0 aromatic heterocycles. The van der Waals surface area contributed by atoms with Gasteiger partial charge in [-0.2, -0.15) is 0 Å². The third kappa shape index (κ3) is 4.12. The Labute approximate surface area is 142 Å². The van der Waals surface area contributed by atoms with Gasteiger partial charge in [-0.3, -0.25) is 19.8 Å². The molecule has 1 N–H and O–H groups in total. The van der Waals surface area contributed by atoms with Gasteiger partial charge < -0.3 is 5.32 Å². The zero-order chi connectivity index (χ0) is 16.9. The van der Waals surface area contributed by atoms with Crippen LogP contribution in [0.25, 0.3) is 0 Å². The lowest BCUT2D eigenvalue weighted by atomic mass is 9.79. The van der Waals surface area contributed by atoms with Crippen LogP contribution in [0.1, 0.15) is 44.9 Å². The number of hydrogen-bond acceptors (Lipinski definition) is 4. The molecule has 1 heterocycles. The first-order valence-electron chi connectivity index (χ1n) is 8.92. The van der Waals surface area contributed by atoms with Gasteiger partial charge in [0, 0.05) is 43.4 Å². The highest BCUT2D eigenvalue weighted by molar-refractivity contribution is 5.90. The topological polar surface area (TPSA) is 75.5 Å². The fraction of sp³-hybridized carbons (Fsp3) is 0.611. The fourth-order valence-electron chi connectivity index (χ4n) is 3.93. The standard InChI is InChI=1S/C18H25N3O3/c22-18(19-15-7-9-16(10-8-15)21(23)24)11-12-20-13-14-5-3-1-2-4-6-17(14)20/h7-10,14,17H,1-6,11-13H2,(H,19,22)/t14-,17-/m1/s1. The van der Waals surface area contributed by atoms with Crippen molar-refractivity contribution >= 4 is 17.3 Å². The molecular formula is C18H25N3O3. The number of benzene rings is 1. The lowest BCUT2D eigenvalue weighted by Crippen LogP contribution is -2.56. The van der Waals surface area contributed by atoms with E-state index in [9.17, 15) is 14.9 Å². The first kappa shape index (κ1) is 16.9. The zero-order valence-electron chi connectivity index (χ0n) is 13.9. The number of nitrogens with one attached hydrogen (secondary N) is 1. The molecule has 6 heteroatoms. The summed E-state index contributed by atoms with van der Waals surface area (Å²) in [6.07, 6.45) is 8.48. The molecule has 1 aliphatic heterocycles. The van der Waals surface area contributed by atoms with Gasteiger partial charge in [0.1, 0.15) is 0 Å². The van der Waals surface area contributed by atoms with Crippen LogP contribution >= 0.6 is 0 Å². The largest absolute Gasteiger partial charge is 0.326 e. The van der Waals surface area contributed by atoms with Crippen molar-refractivity contribution in [1.82, 2.24) is 4.90 Å². The quantitative estimate of drug-likeness (QED) is 0.661. The van der Waals surface area contributed by atoms with Crippen LogP contribution < -0.4 is 5.32 Å². The average Bonchev–Trinajstić information content (AvgIpc) is 2.53. The van der Waals surface area contributed by atoms with Crippen molar-refractivity contribution in [1.29, 1.82) is 0 Å². The maximum Gasteiger partial charge on any atom is 0.269 e. The van der Waals surface area contributed by atoms with E-state index in [1.165, 1.54) is 50.7 Å². The van der Waals surface area contributed by atoms with Crippen LogP contribution in [-0.4, -0.2) is 34.9 Å². The lowest BCUT2D eigenvalue weighted by Gasteiger charge is -2.49. The van der Waals surface area contributed by atoms with Crippen molar-refractivity contribution in [2.45, 2.75) is 51.0 Å². The van der Waals surface area contributed by atoms with Crippen LogP contribution in [0, 0.1) is 16.0 Å². The molecule has 130 valence electrons. The molecular weight excluding hydrogens is 306 g/mol. The Morgan fingerprint density at radius 1 is 1.17 bits per heavy atom. The summed E-state index contributed by atoms with van der Waals surface area (Å²) in [7, 11) is 0. The number of nitro benzene ring substituents is 1. The van der Waals surface area contributed by atoms with Gasteiger partial charge in [-0.15, -0.1) is 0 Å². The second-order valence-corrected chi connectivity index (χ2v) is 6.92. The number of anilines is 1. The molecule has 0 bridgehead atoms. The van der Waals surface area contributed by atoms with E-state index in [0.29, 0.717) is 18.2 Å². The fourth-order valence-corrected chi connectivity index (χ4v) is 3.93. The van der Waals surface area contributed by atoms with Crippen LogP contribution in [-0.2, 0) is 4.79 Å². The molecule has 2 fully saturated rings. The van der Waals surface area contributed by atoms with Crippen molar-refractivity contribution in [2.75, 3.05) is 18.4 Å². The third-order valence-electron chi connectivity index (χ3n) is 5.29. The minimum atomic E-state index is -0.444. The molecule has 24 heavy (non-hydrogen) atoms. The molecule has 0 radical (unpaired) electrons. The monoisotopic (exact) mass is 331 g/mol. The molecule has 1 saturated heterocycles. The van der Waals surface area contributed by atoms with Gasteiger partial charge in [0.2, 0.25) is 5.91 Å². The van der Waals surface area contributed by atoms with E-state index in [2.05, 4.69) is 10.2 Å². The van der Waals surface area contributed by atoms with E-state index in [4.69, 9.17) is 0 Å². The van der Waals surface area contributed by atoms with Crippen LogP contribution in [0.5, 0.6) is 0 Å². The molecule has 1 aromatic carbocycles. The summed E-state index contributed by atoms with van der Waals surface area (Å²) in [5.41, 5.74) is 0.641. The van der Waals surface area contributed by atoms with E-state index in [1.54, 1.807) is 12.1 Å².